The Labute approximate surface area is 199 Å². The fourth-order valence-electron chi connectivity index (χ4n) is 3.88. The molecule has 0 spiro atoms. The van der Waals surface area contributed by atoms with E-state index in [1.165, 1.54) is 23.5 Å². The summed E-state index contributed by atoms with van der Waals surface area (Å²) in [6.07, 6.45) is 0. The van der Waals surface area contributed by atoms with Gasteiger partial charge in [-0.2, -0.15) is 0 Å². The zero-order valence-electron chi connectivity index (χ0n) is 19.5. The minimum absolute atomic E-state index is 0.0179. The van der Waals surface area contributed by atoms with Crippen molar-refractivity contribution in [3.8, 4) is 11.5 Å². The van der Waals surface area contributed by atoms with Crippen LogP contribution in [0.3, 0.4) is 0 Å². The lowest BCUT2D eigenvalue weighted by Crippen LogP contribution is -2.31. The van der Waals surface area contributed by atoms with E-state index in [9.17, 15) is 13.2 Å². The van der Waals surface area contributed by atoms with Crippen molar-refractivity contribution in [1.82, 2.24) is 4.98 Å². The van der Waals surface area contributed by atoms with Gasteiger partial charge in [0.1, 0.15) is 5.52 Å². The number of esters is 1. The predicted molar refractivity (Wildman–Crippen MR) is 132 cm³/mol. The fourth-order valence-corrected chi connectivity index (χ4v) is 5.37. The van der Waals surface area contributed by atoms with Gasteiger partial charge in [-0.15, -0.1) is 0 Å². The van der Waals surface area contributed by atoms with E-state index in [4.69, 9.17) is 9.15 Å². The van der Waals surface area contributed by atoms with Crippen LogP contribution in [0.15, 0.2) is 76.0 Å². The molecule has 0 unspecified atom stereocenters. The molecule has 0 aliphatic carbocycles. The van der Waals surface area contributed by atoms with Crippen molar-refractivity contribution >= 4 is 32.8 Å². The molecule has 8 heteroatoms. The number of benzene rings is 3. The van der Waals surface area contributed by atoms with Crippen LogP contribution < -0.4 is 4.31 Å². The normalized spacial score (nSPS) is 11.7. The minimum atomic E-state index is -3.96. The number of nitrogens with zero attached hydrogens (tertiary/aromatic N) is 2. The number of aromatic nitrogens is 1. The predicted octanol–water partition coefficient (Wildman–Crippen LogP) is 5.62. The number of hydrogen-bond acceptors (Lipinski definition) is 6. The van der Waals surface area contributed by atoms with Crippen molar-refractivity contribution < 1.29 is 22.4 Å². The van der Waals surface area contributed by atoms with Crippen LogP contribution in [-0.2, 0) is 14.8 Å². The Morgan fingerprint density at radius 1 is 1.06 bits per heavy atom. The quantitative estimate of drug-likeness (QED) is 0.320. The summed E-state index contributed by atoms with van der Waals surface area (Å²) in [6.45, 7) is 5.82. The average molecular weight is 479 g/mol. The van der Waals surface area contributed by atoms with E-state index in [0.29, 0.717) is 22.7 Å². The Balaban J connectivity index is 1.76. The maximum Gasteiger partial charge on any atom is 0.338 e. The number of rotatable bonds is 7. The molecule has 0 aliphatic heterocycles. The second kappa shape index (κ2) is 9.30. The molecule has 0 bridgehead atoms. The summed E-state index contributed by atoms with van der Waals surface area (Å²) in [7, 11) is -2.68. The first-order chi connectivity index (χ1) is 16.3. The van der Waals surface area contributed by atoms with E-state index >= 15 is 0 Å². The molecule has 7 nitrogen and oxygen atoms in total. The highest BCUT2D eigenvalue weighted by Crippen LogP contribution is 2.31. The molecule has 3 aromatic carbocycles. The summed E-state index contributed by atoms with van der Waals surface area (Å²) < 4.78 is 39.2. The number of oxazole rings is 1. The third-order valence-electron chi connectivity index (χ3n) is 5.61. The number of ether oxygens (including phenoxy) is 1. The van der Waals surface area contributed by atoms with Crippen LogP contribution in [0.4, 0.5) is 5.69 Å². The number of fused-ring (bicyclic) bond motifs is 1. The SMILES string of the molecule is CCN(c1ccc2oc(-c3ccccc3)nc2c1)S(=O)(=O)c1ccc(C(C)C)c(C(=O)OC)c1. The topological polar surface area (TPSA) is 89.7 Å². The molecule has 1 aromatic heterocycles. The van der Waals surface area contributed by atoms with Gasteiger partial charge in [0.05, 0.1) is 23.3 Å². The van der Waals surface area contributed by atoms with Gasteiger partial charge in [-0.3, -0.25) is 4.31 Å². The van der Waals surface area contributed by atoms with Gasteiger partial charge >= 0.3 is 5.97 Å². The second-order valence-electron chi connectivity index (χ2n) is 8.10. The van der Waals surface area contributed by atoms with E-state index < -0.39 is 16.0 Å². The smallest absolute Gasteiger partial charge is 0.338 e. The molecule has 0 radical (unpaired) electrons. The number of anilines is 1. The van der Waals surface area contributed by atoms with E-state index in [1.54, 1.807) is 31.2 Å². The van der Waals surface area contributed by atoms with Crippen LogP contribution in [0.2, 0.25) is 0 Å². The van der Waals surface area contributed by atoms with E-state index in [1.807, 2.05) is 44.2 Å². The Bertz CT molecular complexity index is 1440. The molecule has 176 valence electrons. The van der Waals surface area contributed by atoms with E-state index in [-0.39, 0.29) is 22.9 Å². The summed E-state index contributed by atoms with van der Waals surface area (Å²) in [5.41, 5.74) is 3.37. The van der Waals surface area contributed by atoms with Gasteiger partial charge in [0, 0.05) is 12.1 Å². The molecule has 4 aromatic rings. The summed E-state index contributed by atoms with van der Waals surface area (Å²) in [5.74, 6) is -0.0755. The zero-order chi connectivity index (χ0) is 24.5. The Kier molecular flexibility index (Phi) is 6.43. The first-order valence-electron chi connectivity index (χ1n) is 11.0. The lowest BCUT2D eigenvalue weighted by atomic mass is 9.97. The largest absolute Gasteiger partial charge is 0.465 e. The maximum absolute atomic E-state index is 13.6. The first kappa shape index (κ1) is 23.5. The van der Waals surface area contributed by atoms with Gasteiger partial charge < -0.3 is 9.15 Å². The molecular formula is C26H26N2O5S. The monoisotopic (exact) mass is 478 g/mol. The molecule has 0 atom stereocenters. The van der Waals surface area contributed by atoms with Gasteiger partial charge in [-0.25, -0.2) is 18.2 Å². The molecule has 0 saturated carbocycles. The van der Waals surface area contributed by atoms with Crippen LogP contribution in [-0.4, -0.2) is 33.0 Å². The summed E-state index contributed by atoms with van der Waals surface area (Å²) in [6, 6.07) is 19.2. The van der Waals surface area contributed by atoms with Gasteiger partial charge in [0.15, 0.2) is 5.58 Å². The van der Waals surface area contributed by atoms with Crippen LogP contribution in [0, 0.1) is 0 Å². The fraction of sp³-hybridized carbons (Fsp3) is 0.231. The number of hydrogen-bond donors (Lipinski definition) is 0. The lowest BCUT2D eigenvalue weighted by molar-refractivity contribution is 0.0598. The van der Waals surface area contributed by atoms with Crippen LogP contribution >= 0.6 is 0 Å². The van der Waals surface area contributed by atoms with Crippen molar-refractivity contribution in [2.45, 2.75) is 31.6 Å². The number of carbonyl (C=O) groups excluding carboxylic acids is 1. The summed E-state index contributed by atoms with van der Waals surface area (Å²) >= 11 is 0. The zero-order valence-corrected chi connectivity index (χ0v) is 20.3. The molecule has 0 amide bonds. The molecule has 34 heavy (non-hydrogen) atoms. The number of carbonyl (C=O) groups is 1. The van der Waals surface area contributed by atoms with Crippen molar-refractivity contribution in [2.75, 3.05) is 18.0 Å². The number of methoxy groups -OCH3 is 1. The molecule has 0 aliphatic rings. The Hall–Kier alpha value is -3.65. The average Bonchev–Trinajstić information content (AvgIpc) is 3.27. The molecule has 1 heterocycles. The molecule has 4 rings (SSSR count). The lowest BCUT2D eigenvalue weighted by Gasteiger charge is -2.23. The van der Waals surface area contributed by atoms with Gasteiger partial charge in [-0.05, 0) is 60.9 Å². The summed E-state index contributed by atoms with van der Waals surface area (Å²) in [5, 5.41) is 0. The van der Waals surface area contributed by atoms with Crippen molar-refractivity contribution in [3.05, 3.63) is 77.9 Å². The highest BCUT2D eigenvalue weighted by atomic mass is 32.2. The first-order valence-corrected chi connectivity index (χ1v) is 12.4. The van der Waals surface area contributed by atoms with Crippen molar-refractivity contribution in [1.29, 1.82) is 0 Å². The third kappa shape index (κ3) is 4.28. The van der Waals surface area contributed by atoms with Crippen molar-refractivity contribution in [2.24, 2.45) is 0 Å². The molecule has 0 fully saturated rings. The Morgan fingerprint density at radius 3 is 2.44 bits per heavy atom. The van der Waals surface area contributed by atoms with Gasteiger partial charge in [0.25, 0.3) is 10.0 Å². The van der Waals surface area contributed by atoms with Crippen molar-refractivity contribution in [3.63, 3.8) is 0 Å². The van der Waals surface area contributed by atoms with Crippen LogP contribution in [0.1, 0.15) is 42.6 Å². The van der Waals surface area contributed by atoms with Gasteiger partial charge in [0.2, 0.25) is 5.89 Å². The van der Waals surface area contributed by atoms with Crippen LogP contribution in [0.5, 0.6) is 0 Å². The number of sulfonamides is 1. The summed E-state index contributed by atoms with van der Waals surface area (Å²) in [4.78, 5) is 16.9. The highest BCUT2D eigenvalue weighted by molar-refractivity contribution is 7.92. The third-order valence-corrected chi connectivity index (χ3v) is 7.51. The van der Waals surface area contributed by atoms with Crippen LogP contribution in [0.25, 0.3) is 22.6 Å². The standard InChI is InChI=1S/C26H26N2O5S/c1-5-28(34(30,31)20-12-13-21(17(2)3)22(16-20)26(29)32-4)19-11-14-24-23(15-19)27-25(33-24)18-9-7-6-8-10-18/h6-17H,5H2,1-4H3. The second-order valence-corrected chi connectivity index (χ2v) is 9.96. The van der Waals surface area contributed by atoms with Gasteiger partial charge in [-0.1, -0.05) is 38.1 Å². The Morgan fingerprint density at radius 2 is 1.79 bits per heavy atom. The minimum Gasteiger partial charge on any atom is -0.465 e. The highest BCUT2D eigenvalue weighted by Gasteiger charge is 2.27. The maximum atomic E-state index is 13.6. The van der Waals surface area contributed by atoms with E-state index in [0.717, 1.165) is 11.1 Å². The molecule has 0 saturated heterocycles. The molecular weight excluding hydrogens is 452 g/mol. The molecule has 0 N–H and O–H groups in total. The van der Waals surface area contributed by atoms with E-state index in [2.05, 4.69) is 4.98 Å².